The van der Waals surface area contributed by atoms with Gasteiger partial charge < -0.3 is 9.88 Å². The second-order valence-electron chi connectivity index (χ2n) is 2.70. The summed E-state index contributed by atoms with van der Waals surface area (Å²) in [6.45, 7) is 6.12. The van der Waals surface area contributed by atoms with E-state index in [9.17, 15) is 0 Å². The first-order valence-corrected chi connectivity index (χ1v) is 3.89. The van der Waals surface area contributed by atoms with Crippen LogP contribution in [0.4, 0.5) is 0 Å². The molecule has 3 nitrogen and oxygen atoms in total. The number of rotatable bonds is 3. The van der Waals surface area contributed by atoms with Gasteiger partial charge in [-0.25, -0.2) is 4.98 Å². The largest absolute Gasteiger partial charge is 0.331 e. The summed E-state index contributed by atoms with van der Waals surface area (Å²) in [4.78, 5) is 4.20. The number of nitrogens with zero attached hydrogens (tertiary/aromatic N) is 2. The van der Waals surface area contributed by atoms with Crippen molar-refractivity contribution in [1.29, 1.82) is 0 Å². The van der Waals surface area contributed by atoms with Crippen LogP contribution in [-0.4, -0.2) is 23.1 Å². The summed E-state index contributed by atoms with van der Waals surface area (Å²) in [6.07, 6.45) is 1.91. The van der Waals surface area contributed by atoms with E-state index >= 15 is 0 Å². The molecule has 0 aliphatic rings. The Kier molecular flexibility index (Phi) is 2.65. The zero-order valence-corrected chi connectivity index (χ0v) is 7.39. The molecule has 1 heterocycles. The minimum absolute atomic E-state index is 0.998. The summed E-state index contributed by atoms with van der Waals surface area (Å²) >= 11 is 0. The van der Waals surface area contributed by atoms with Gasteiger partial charge in [0, 0.05) is 25.0 Å². The lowest BCUT2D eigenvalue weighted by molar-refractivity contribution is 0.617. The van der Waals surface area contributed by atoms with E-state index in [0.717, 1.165) is 18.9 Å². The molecule has 0 atom stereocenters. The summed E-state index contributed by atoms with van der Waals surface area (Å²) < 4.78 is 2.20. The maximum Gasteiger partial charge on any atom is 0.105 e. The molecular weight excluding hydrogens is 138 g/mol. The minimum Gasteiger partial charge on any atom is -0.331 e. The average Bonchev–Trinajstić information content (AvgIpc) is 2.29. The van der Waals surface area contributed by atoms with Crippen molar-refractivity contribution in [2.45, 2.75) is 20.4 Å². The van der Waals surface area contributed by atoms with Gasteiger partial charge >= 0.3 is 0 Å². The van der Waals surface area contributed by atoms with Gasteiger partial charge in [-0.2, -0.15) is 0 Å². The average molecular weight is 153 g/mol. The van der Waals surface area contributed by atoms with E-state index < -0.39 is 0 Å². The zero-order chi connectivity index (χ0) is 8.27. The maximum absolute atomic E-state index is 4.20. The monoisotopic (exact) mass is 153 g/mol. The second-order valence-corrected chi connectivity index (χ2v) is 2.70. The van der Waals surface area contributed by atoms with Gasteiger partial charge in [-0.3, -0.25) is 0 Å². The molecule has 0 saturated carbocycles. The van der Waals surface area contributed by atoms with Gasteiger partial charge in [0.1, 0.15) is 5.82 Å². The van der Waals surface area contributed by atoms with Gasteiger partial charge in [-0.05, 0) is 20.9 Å². The molecular formula is C8H15N3. The molecule has 1 aromatic heterocycles. The van der Waals surface area contributed by atoms with E-state index in [1.807, 2.05) is 20.2 Å². The van der Waals surface area contributed by atoms with Crippen LogP contribution in [0.15, 0.2) is 6.20 Å². The molecule has 0 radical (unpaired) electrons. The van der Waals surface area contributed by atoms with Crippen molar-refractivity contribution in [1.82, 2.24) is 14.9 Å². The summed E-state index contributed by atoms with van der Waals surface area (Å²) in [6, 6.07) is 0. The Morgan fingerprint density at radius 1 is 1.55 bits per heavy atom. The fraction of sp³-hybridized carbons (Fsp3) is 0.625. The quantitative estimate of drug-likeness (QED) is 0.693. The Hall–Kier alpha value is -0.830. The fourth-order valence-corrected chi connectivity index (χ4v) is 1.14. The molecule has 1 rings (SSSR count). The van der Waals surface area contributed by atoms with Crippen LogP contribution in [0, 0.1) is 13.8 Å². The van der Waals surface area contributed by atoms with E-state index in [4.69, 9.17) is 0 Å². The van der Waals surface area contributed by atoms with E-state index in [-0.39, 0.29) is 0 Å². The van der Waals surface area contributed by atoms with Crippen molar-refractivity contribution >= 4 is 0 Å². The van der Waals surface area contributed by atoms with Crippen LogP contribution in [-0.2, 0) is 6.54 Å². The standard InChI is InChI=1S/C8H15N3/c1-7-6-10-8(2)11(7)5-4-9-3/h6,9H,4-5H2,1-3H3. The molecule has 1 aromatic rings. The van der Waals surface area contributed by atoms with Crippen LogP contribution in [0.25, 0.3) is 0 Å². The Balaban J connectivity index is 2.67. The summed E-state index contributed by atoms with van der Waals surface area (Å²) in [5.41, 5.74) is 1.23. The molecule has 0 aromatic carbocycles. The summed E-state index contributed by atoms with van der Waals surface area (Å²) in [7, 11) is 1.96. The first-order valence-electron chi connectivity index (χ1n) is 3.89. The predicted molar refractivity (Wildman–Crippen MR) is 45.6 cm³/mol. The maximum atomic E-state index is 4.20. The van der Waals surface area contributed by atoms with Gasteiger partial charge in [0.25, 0.3) is 0 Å². The molecule has 0 aliphatic heterocycles. The number of imidazole rings is 1. The van der Waals surface area contributed by atoms with Gasteiger partial charge in [0.05, 0.1) is 0 Å². The van der Waals surface area contributed by atoms with Crippen molar-refractivity contribution in [3.05, 3.63) is 17.7 Å². The second kappa shape index (κ2) is 3.53. The van der Waals surface area contributed by atoms with Crippen LogP contribution in [0.5, 0.6) is 0 Å². The number of likely N-dealkylation sites (N-methyl/N-ethyl adjacent to an activating group) is 1. The molecule has 0 aliphatic carbocycles. The molecule has 11 heavy (non-hydrogen) atoms. The van der Waals surface area contributed by atoms with Gasteiger partial charge in [-0.1, -0.05) is 0 Å². The van der Waals surface area contributed by atoms with E-state index in [2.05, 4.69) is 21.8 Å². The van der Waals surface area contributed by atoms with Gasteiger partial charge in [0.15, 0.2) is 0 Å². The molecule has 1 N–H and O–H groups in total. The number of hydrogen-bond donors (Lipinski definition) is 1. The van der Waals surface area contributed by atoms with Crippen LogP contribution >= 0.6 is 0 Å². The third-order valence-corrected chi connectivity index (χ3v) is 1.84. The normalized spacial score (nSPS) is 10.5. The first kappa shape index (κ1) is 8.27. The van der Waals surface area contributed by atoms with Crippen LogP contribution in [0.2, 0.25) is 0 Å². The van der Waals surface area contributed by atoms with E-state index in [1.165, 1.54) is 5.69 Å². The molecule has 62 valence electrons. The topological polar surface area (TPSA) is 29.9 Å². The number of nitrogens with one attached hydrogen (secondary N) is 1. The van der Waals surface area contributed by atoms with Crippen LogP contribution in [0.3, 0.4) is 0 Å². The van der Waals surface area contributed by atoms with Gasteiger partial charge in [0.2, 0.25) is 0 Å². The molecule has 3 heteroatoms. The molecule has 0 spiro atoms. The van der Waals surface area contributed by atoms with Crippen molar-refractivity contribution in [3.63, 3.8) is 0 Å². The third-order valence-electron chi connectivity index (χ3n) is 1.84. The lowest BCUT2D eigenvalue weighted by atomic mass is 10.5. The zero-order valence-electron chi connectivity index (χ0n) is 7.39. The number of aryl methyl sites for hydroxylation is 2. The van der Waals surface area contributed by atoms with Gasteiger partial charge in [-0.15, -0.1) is 0 Å². The highest BCUT2D eigenvalue weighted by atomic mass is 15.1. The molecule has 0 bridgehead atoms. The highest BCUT2D eigenvalue weighted by molar-refractivity contribution is 5.01. The highest BCUT2D eigenvalue weighted by Crippen LogP contribution is 2.01. The minimum atomic E-state index is 0.998. The Bertz CT molecular complexity index is 208. The Morgan fingerprint density at radius 3 is 2.73 bits per heavy atom. The van der Waals surface area contributed by atoms with Crippen LogP contribution < -0.4 is 5.32 Å². The fourth-order valence-electron chi connectivity index (χ4n) is 1.14. The Labute approximate surface area is 67.4 Å². The van der Waals surface area contributed by atoms with E-state index in [0.29, 0.717) is 0 Å². The SMILES string of the molecule is CNCCn1c(C)cnc1C. The summed E-state index contributed by atoms with van der Waals surface area (Å²) in [5, 5.41) is 3.11. The Morgan fingerprint density at radius 2 is 2.27 bits per heavy atom. The van der Waals surface area contributed by atoms with Crippen molar-refractivity contribution in [3.8, 4) is 0 Å². The molecule has 0 saturated heterocycles. The lowest BCUT2D eigenvalue weighted by Crippen LogP contribution is -2.16. The van der Waals surface area contributed by atoms with Crippen molar-refractivity contribution in [2.75, 3.05) is 13.6 Å². The van der Waals surface area contributed by atoms with Crippen molar-refractivity contribution in [2.24, 2.45) is 0 Å². The summed E-state index contributed by atoms with van der Waals surface area (Å²) in [5.74, 6) is 1.10. The van der Waals surface area contributed by atoms with Crippen LogP contribution in [0.1, 0.15) is 11.5 Å². The molecule has 0 fully saturated rings. The first-order chi connectivity index (χ1) is 5.25. The third kappa shape index (κ3) is 1.80. The molecule has 0 unspecified atom stereocenters. The highest BCUT2D eigenvalue weighted by Gasteiger charge is 1.99. The predicted octanol–water partition coefficient (Wildman–Crippen LogP) is 0.719. The smallest absolute Gasteiger partial charge is 0.105 e. The lowest BCUT2D eigenvalue weighted by Gasteiger charge is -2.05. The van der Waals surface area contributed by atoms with E-state index in [1.54, 1.807) is 0 Å². The van der Waals surface area contributed by atoms with Crippen molar-refractivity contribution < 1.29 is 0 Å². The number of aromatic nitrogens is 2. The molecule has 0 amide bonds. The number of hydrogen-bond acceptors (Lipinski definition) is 2.